The van der Waals surface area contributed by atoms with E-state index < -0.39 is 5.97 Å². The van der Waals surface area contributed by atoms with Gasteiger partial charge in [0.2, 0.25) is 0 Å². The van der Waals surface area contributed by atoms with Gasteiger partial charge in [0.1, 0.15) is 0 Å². The van der Waals surface area contributed by atoms with Crippen LogP contribution < -0.4 is 0 Å². The number of H-pyrrole nitrogens is 1. The SMILES string of the molecule is CCN(CC(C)C)C(=O)c1nc[nH]c1C(=O)O. The minimum atomic E-state index is -1.17. The summed E-state index contributed by atoms with van der Waals surface area (Å²) >= 11 is 0. The first-order valence-corrected chi connectivity index (χ1v) is 5.53. The second-order valence-electron chi connectivity index (χ2n) is 4.17. The van der Waals surface area contributed by atoms with Crippen molar-refractivity contribution in [2.45, 2.75) is 20.8 Å². The van der Waals surface area contributed by atoms with Crippen LogP contribution in [-0.4, -0.2) is 44.9 Å². The zero-order chi connectivity index (χ0) is 13.0. The Hall–Kier alpha value is -1.85. The van der Waals surface area contributed by atoms with Crippen LogP contribution in [0.4, 0.5) is 0 Å². The second-order valence-corrected chi connectivity index (χ2v) is 4.17. The first-order chi connectivity index (χ1) is 7.97. The van der Waals surface area contributed by atoms with E-state index in [2.05, 4.69) is 9.97 Å². The molecule has 1 aromatic rings. The van der Waals surface area contributed by atoms with Gasteiger partial charge in [-0.25, -0.2) is 9.78 Å². The minimum absolute atomic E-state index is 0.0278. The third-order valence-electron chi connectivity index (χ3n) is 2.31. The molecule has 0 spiro atoms. The topological polar surface area (TPSA) is 86.3 Å². The maximum atomic E-state index is 12.1. The molecule has 94 valence electrons. The molecule has 1 aromatic heterocycles. The van der Waals surface area contributed by atoms with Crippen LogP contribution in [0.1, 0.15) is 41.7 Å². The van der Waals surface area contributed by atoms with Gasteiger partial charge in [0.25, 0.3) is 5.91 Å². The highest BCUT2D eigenvalue weighted by atomic mass is 16.4. The monoisotopic (exact) mass is 239 g/mol. The summed E-state index contributed by atoms with van der Waals surface area (Å²) in [5.74, 6) is -1.20. The quantitative estimate of drug-likeness (QED) is 0.809. The molecule has 1 amide bonds. The molecule has 6 heteroatoms. The van der Waals surface area contributed by atoms with E-state index in [1.165, 1.54) is 6.33 Å². The fraction of sp³-hybridized carbons (Fsp3) is 0.545. The number of nitrogens with one attached hydrogen (secondary N) is 1. The van der Waals surface area contributed by atoms with E-state index in [0.29, 0.717) is 19.0 Å². The predicted molar refractivity (Wildman–Crippen MR) is 62.0 cm³/mol. The molecule has 0 atom stereocenters. The maximum Gasteiger partial charge on any atom is 0.354 e. The summed E-state index contributed by atoms with van der Waals surface area (Å²) in [7, 11) is 0. The van der Waals surface area contributed by atoms with E-state index in [1.54, 1.807) is 4.90 Å². The van der Waals surface area contributed by atoms with Gasteiger partial charge in [-0.05, 0) is 12.8 Å². The van der Waals surface area contributed by atoms with Crippen LogP contribution in [0.5, 0.6) is 0 Å². The van der Waals surface area contributed by atoms with Crippen molar-refractivity contribution >= 4 is 11.9 Å². The summed E-state index contributed by atoms with van der Waals surface area (Å²) < 4.78 is 0. The number of nitrogens with zero attached hydrogens (tertiary/aromatic N) is 2. The largest absolute Gasteiger partial charge is 0.477 e. The number of carboxylic acid groups (broad SMARTS) is 1. The average molecular weight is 239 g/mol. The van der Waals surface area contributed by atoms with Crippen molar-refractivity contribution < 1.29 is 14.7 Å². The minimum Gasteiger partial charge on any atom is -0.477 e. The summed E-state index contributed by atoms with van der Waals surface area (Å²) in [6.07, 6.45) is 1.22. The number of imidazole rings is 1. The number of amides is 1. The number of carbonyl (C=O) groups excluding carboxylic acids is 1. The van der Waals surface area contributed by atoms with E-state index in [0.717, 1.165) is 0 Å². The molecule has 0 aromatic carbocycles. The van der Waals surface area contributed by atoms with E-state index in [1.807, 2.05) is 20.8 Å². The Balaban J connectivity index is 2.94. The molecule has 6 nitrogen and oxygen atoms in total. The van der Waals surface area contributed by atoms with Crippen LogP contribution in [0, 0.1) is 5.92 Å². The van der Waals surface area contributed by atoms with Crippen molar-refractivity contribution in [2.75, 3.05) is 13.1 Å². The summed E-state index contributed by atoms with van der Waals surface area (Å²) in [6, 6.07) is 0. The highest BCUT2D eigenvalue weighted by molar-refractivity contribution is 6.02. The standard InChI is InChI=1S/C11H17N3O3/c1-4-14(5-7(2)3)10(15)8-9(11(16)17)13-6-12-8/h6-7H,4-5H2,1-3H3,(H,12,13)(H,16,17). The van der Waals surface area contributed by atoms with Gasteiger partial charge in [0.05, 0.1) is 6.33 Å². The fourth-order valence-electron chi connectivity index (χ4n) is 1.57. The first kappa shape index (κ1) is 13.2. The average Bonchev–Trinajstić information content (AvgIpc) is 2.73. The van der Waals surface area contributed by atoms with Crippen molar-refractivity contribution in [3.8, 4) is 0 Å². The fourth-order valence-corrected chi connectivity index (χ4v) is 1.57. The Morgan fingerprint density at radius 1 is 1.53 bits per heavy atom. The normalized spacial score (nSPS) is 10.6. The van der Waals surface area contributed by atoms with Crippen molar-refractivity contribution in [1.29, 1.82) is 0 Å². The summed E-state index contributed by atoms with van der Waals surface area (Å²) in [4.78, 5) is 30.8. The Labute approximate surface area is 99.7 Å². The molecule has 0 aliphatic carbocycles. The molecule has 0 fully saturated rings. The van der Waals surface area contributed by atoms with Gasteiger partial charge in [-0.3, -0.25) is 4.79 Å². The molecular formula is C11H17N3O3. The first-order valence-electron chi connectivity index (χ1n) is 5.53. The van der Waals surface area contributed by atoms with Gasteiger partial charge in [0, 0.05) is 13.1 Å². The molecule has 1 heterocycles. The van der Waals surface area contributed by atoms with Crippen molar-refractivity contribution in [3.05, 3.63) is 17.7 Å². The van der Waals surface area contributed by atoms with Crippen LogP contribution in [-0.2, 0) is 0 Å². The van der Waals surface area contributed by atoms with E-state index in [9.17, 15) is 9.59 Å². The van der Waals surface area contributed by atoms with Crippen LogP contribution in [0.25, 0.3) is 0 Å². The summed E-state index contributed by atoms with van der Waals surface area (Å²) in [6.45, 7) is 6.97. The van der Waals surface area contributed by atoms with Crippen LogP contribution >= 0.6 is 0 Å². The number of rotatable bonds is 5. The Morgan fingerprint density at radius 2 is 2.18 bits per heavy atom. The molecule has 2 N–H and O–H groups in total. The number of aromatic carboxylic acids is 1. The van der Waals surface area contributed by atoms with Gasteiger partial charge >= 0.3 is 5.97 Å². The van der Waals surface area contributed by atoms with E-state index in [4.69, 9.17) is 5.11 Å². The number of carbonyl (C=O) groups is 2. The van der Waals surface area contributed by atoms with Crippen molar-refractivity contribution in [1.82, 2.24) is 14.9 Å². The number of hydrogen-bond acceptors (Lipinski definition) is 3. The third-order valence-corrected chi connectivity index (χ3v) is 2.31. The van der Waals surface area contributed by atoms with Crippen LogP contribution in [0.15, 0.2) is 6.33 Å². The number of aromatic nitrogens is 2. The summed E-state index contributed by atoms with van der Waals surface area (Å²) in [5.41, 5.74) is -0.183. The van der Waals surface area contributed by atoms with E-state index >= 15 is 0 Å². The van der Waals surface area contributed by atoms with Gasteiger partial charge < -0.3 is 15.0 Å². The molecule has 0 aliphatic heterocycles. The van der Waals surface area contributed by atoms with Gasteiger partial charge in [0.15, 0.2) is 11.4 Å². The lowest BCUT2D eigenvalue weighted by Crippen LogP contribution is -2.35. The molecule has 0 saturated carbocycles. The van der Waals surface area contributed by atoms with Gasteiger partial charge in [-0.2, -0.15) is 0 Å². The van der Waals surface area contributed by atoms with Crippen LogP contribution in [0.2, 0.25) is 0 Å². The molecule has 17 heavy (non-hydrogen) atoms. The lowest BCUT2D eigenvalue weighted by atomic mass is 10.2. The van der Waals surface area contributed by atoms with E-state index in [-0.39, 0.29) is 17.3 Å². The van der Waals surface area contributed by atoms with Gasteiger partial charge in [-0.1, -0.05) is 13.8 Å². The molecule has 0 aliphatic rings. The molecule has 0 radical (unpaired) electrons. The van der Waals surface area contributed by atoms with Gasteiger partial charge in [-0.15, -0.1) is 0 Å². The molecular weight excluding hydrogens is 222 g/mol. The molecule has 1 rings (SSSR count). The second kappa shape index (κ2) is 5.47. The summed E-state index contributed by atoms with van der Waals surface area (Å²) in [5, 5.41) is 8.90. The zero-order valence-electron chi connectivity index (χ0n) is 10.2. The third kappa shape index (κ3) is 3.05. The predicted octanol–water partition coefficient (Wildman–Crippen LogP) is 1.23. The lowest BCUT2D eigenvalue weighted by molar-refractivity contribution is 0.0666. The lowest BCUT2D eigenvalue weighted by Gasteiger charge is -2.22. The Bertz CT molecular complexity index is 412. The Kier molecular flexibility index (Phi) is 4.25. The molecule has 0 unspecified atom stereocenters. The highest BCUT2D eigenvalue weighted by Crippen LogP contribution is 2.09. The number of carboxylic acids is 1. The van der Waals surface area contributed by atoms with Crippen LogP contribution in [0.3, 0.4) is 0 Å². The Morgan fingerprint density at radius 3 is 2.65 bits per heavy atom. The van der Waals surface area contributed by atoms with Crippen molar-refractivity contribution in [2.24, 2.45) is 5.92 Å². The number of aromatic amines is 1. The molecule has 0 saturated heterocycles. The van der Waals surface area contributed by atoms with Crippen molar-refractivity contribution in [3.63, 3.8) is 0 Å². The highest BCUT2D eigenvalue weighted by Gasteiger charge is 2.24. The smallest absolute Gasteiger partial charge is 0.354 e. The zero-order valence-corrected chi connectivity index (χ0v) is 10.2. The molecule has 0 bridgehead atoms. The maximum absolute atomic E-state index is 12.1. The number of hydrogen-bond donors (Lipinski definition) is 2.